The molecule has 11 heteroatoms. The number of aryl methyl sites for hydroxylation is 2. The number of sulfonamides is 1. The molecule has 0 atom stereocenters. The first-order valence-electron chi connectivity index (χ1n) is 6.47. The molecule has 5 nitrogen and oxygen atoms in total. The Kier molecular flexibility index (Phi) is 4.93. The van der Waals surface area contributed by atoms with E-state index in [4.69, 9.17) is 11.6 Å². The predicted molar refractivity (Wildman–Crippen MR) is 78.4 cm³/mol. The van der Waals surface area contributed by atoms with Gasteiger partial charge < -0.3 is 0 Å². The van der Waals surface area contributed by atoms with Gasteiger partial charge in [0, 0.05) is 13.6 Å². The van der Waals surface area contributed by atoms with E-state index in [0.717, 1.165) is 10.7 Å². The second kappa shape index (κ2) is 6.34. The maximum atomic E-state index is 13.3. The highest BCUT2D eigenvalue weighted by molar-refractivity contribution is 7.89. The lowest BCUT2D eigenvalue weighted by atomic mass is 10.1. The van der Waals surface area contributed by atoms with Crippen LogP contribution in [0.5, 0.6) is 0 Å². The van der Waals surface area contributed by atoms with Crippen molar-refractivity contribution in [2.24, 2.45) is 7.05 Å². The third kappa shape index (κ3) is 3.87. The topological polar surface area (TPSA) is 64.0 Å². The third-order valence-corrected chi connectivity index (χ3v) is 5.22. The van der Waals surface area contributed by atoms with Crippen molar-refractivity contribution in [2.75, 3.05) is 0 Å². The standard InChI is InChI=1S/C13H12ClF4N3O2S/c1-7-11(12(14)21(2)20-7)24(22,23)19-6-8-3-9(13(16,17)18)5-10(15)4-8/h3-5,19H,6H2,1-2H3. The maximum Gasteiger partial charge on any atom is 0.416 e. The minimum absolute atomic E-state index is 0.130. The van der Waals surface area contributed by atoms with E-state index >= 15 is 0 Å². The van der Waals surface area contributed by atoms with Gasteiger partial charge in [-0.05, 0) is 30.7 Å². The van der Waals surface area contributed by atoms with Crippen LogP contribution >= 0.6 is 11.6 Å². The lowest BCUT2D eigenvalue weighted by Crippen LogP contribution is -2.24. The van der Waals surface area contributed by atoms with Crippen molar-refractivity contribution in [3.8, 4) is 0 Å². The van der Waals surface area contributed by atoms with E-state index in [1.807, 2.05) is 0 Å². The van der Waals surface area contributed by atoms with Crippen LogP contribution in [0.1, 0.15) is 16.8 Å². The van der Waals surface area contributed by atoms with Crippen molar-refractivity contribution in [1.82, 2.24) is 14.5 Å². The Morgan fingerprint density at radius 2 is 1.92 bits per heavy atom. The summed E-state index contributed by atoms with van der Waals surface area (Å²) in [7, 11) is -2.69. The number of hydrogen-bond acceptors (Lipinski definition) is 3. The normalized spacial score (nSPS) is 12.6. The van der Waals surface area contributed by atoms with Gasteiger partial charge in [-0.2, -0.15) is 18.3 Å². The van der Waals surface area contributed by atoms with Crippen molar-refractivity contribution in [3.63, 3.8) is 0 Å². The highest BCUT2D eigenvalue weighted by Gasteiger charge is 2.31. The first-order chi connectivity index (χ1) is 10.9. The Hall–Kier alpha value is -1.65. The van der Waals surface area contributed by atoms with Gasteiger partial charge in [0.2, 0.25) is 10.0 Å². The summed E-state index contributed by atoms with van der Waals surface area (Å²) in [6, 6.07) is 1.82. The number of aromatic nitrogens is 2. The number of nitrogens with one attached hydrogen (secondary N) is 1. The zero-order chi connectivity index (χ0) is 18.3. The molecule has 0 aliphatic rings. The van der Waals surface area contributed by atoms with E-state index in [9.17, 15) is 26.0 Å². The highest BCUT2D eigenvalue weighted by atomic mass is 35.5. The van der Waals surface area contributed by atoms with Crippen LogP contribution in [0.3, 0.4) is 0 Å². The van der Waals surface area contributed by atoms with Gasteiger partial charge in [0.15, 0.2) is 0 Å². The summed E-state index contributed by atoms with van der Waals surface area (Å²) in [5.41, 5.74) is -1.25. The van der Waals surface area contributed by atoms with Crippen LogP contribution in [-0.2, 0) is 29.8 Å². The fraction of sp³-hybridized carbons (Fsp3) is 0.308. The van der Waals surface area contributed by atoms with Crippen molar-refractivity contribution in [3.05, 3.63) is 46.0 Å². The van der Waals surface area contributed by atoms with E-state index in [2.05, 4.69) is 9.82 Å². The quantitative estimate of drug-likeness (QED) is 0.823. The fourth-order valence-electron chi connectivity index (χ4n) is 2.08. The average Bonchev–Trinajstić information content (AvgIpc) is 2.69. The summed E-state index contributed by atoms with van der Waals surface area (Å²) in [4.78, 5) is -0.279. The van der Waals surface area contributed by atoms with E-state index < -0.39 is 34.1 Å². The lowest BCUT2D eigenvalue weighted by Gasteiger charge is -2.10. The summed E-state index contributed by atoms with van der Waals surface area (Å²) < 4.78 is 79.1. The van der Waals surface area contributed by atoms with Gasteiger partial charge in [0.25, 0.3) is 0 Å². The van der Waals surface area contributed by atoms with Crippen LogP contribution in [0.25, 0.3) is 0 Å². The Morgan fingerprint density at radius 3 is 2.42 bits per heavy atom. The van der Waals surface area contributed by atoms with Crippen LogP contribution in [0.2, 0.25) is 5.15 Å². The van der Waals surface area contributed by atoms with Crippen molar-refractivity contribution in [2.45, 2.75) is 24.5 Å². The van der Waals surface area contributed by atoms with Gasteiger partial charge in [-0.1, -0.05) is 11.6 Å². The molecule has 0 saturated heterocycles. The minimum atomic E-state index is -4.74. The van der Waals surface area contributed by atoms with Crippen molar-refractivity contribution >= 4 is 21.6 Å². The summed E-state index contributed by atoms with van der Waals surface area (Å²) in [5, 5.41) is 3.71. The molecular formula is C13H12ClF4N3O2S. The smallest absolute Gasteiger partial charge is 0.255 e. The molecule has 1 heterocycles. The monoisotopic (exact) mass is 385 g/mol. The van der Waals surface area contributed by atoms with E-state index in [1.165, 1.54) is 14.0 Å². The number of alkyl halides is 3. The SMILES string of the molecule is Cc1nn(C)c(Cl)c1S(=O)(=O)NCc1cc(F)cc(C(F)(F)F)c1. The van der Waals surface area contributed by atoms with Crippen LogP contribution < -0.4 is 4.72 Å². The molecular weight excluding hydrogens is 374 g/mol. The molecule has 0 saturated carbocycles. The molecule has 1 aromatic heterocycles. The zero-order valence-electron chi connectivity index (χ0n) is 12.4. The molecule has 1 aromatic carbocycles. The Balaban J connectivity index is 2.29. The third-order valence-electron chi connectivity index (χ3n) is 3.12. The number of rotatable bonds is 4. The second-order valence-electron chi connectivity index (χ2n) is 5.00. The van der Waals surface area contributed by atoms with Crippen LogP contribution in [-0.4, -0.2) is 18.2 Å². The van der Waals surface area contributed by atoms with Gasteiger partial charge in [-0.25, -0.2) is 17.5 Å². The van der Waals surface area contributed by atoms with Crippen LogP contribution in [0, 0.1) is 12.7 Å². The average molecular weight is 386 g/mol. The number of hydrogen-bond donors (Lipinski definition) is 1. The van der Waals surface area contributed by atoms with Gasteiger partial charge >= 0.3 is 6.18 Å². The molecule has 0 fully saturated rings. The summed E-state index contributed by atoms with van der Waals surface area (Å²) in [5.74, 6) is -1.12. The second-order valence-corrected chi connectivity index (χ2v) is 7.06. The Bertz CT molecular complexity index is 878. The molecule has 0 aliphatic carbocycles. The molecule has 2 aromatic rings. The van der Waals surface area contributed by atoms with E-state index in [-0.39, 0.29) is 21.3 Å². The molecule has 0 unspecified atom stereocenters. The molecule has 0 bridgehead atoms. The minimum Gasteiger partial charge on any atom is -0.255 e. The Morgan fingerprint density at radius 1 is 1.29 bits per heavy atom. The molecule has 0 aliphatic heterocycles. The summed E-state index contributed by atoms with van der Waals surface area (Å²) >= 11 is 5.86. The molecule has 2 rings (SSSR count). The van der Waals surface area contributed by atoms with Crippen molar-refractivity contribution < 1.29 is 26.0 Å². The Labute approximate surface area is 140 Å². The molecule has 0 radical (unpaired) electrons. The number of nitrogens with zero attached hydrogens (tertiary/aromatic N) is 2. The van der Waals surface area contributed by atoms with E-state index in [1.54, 1.807) is 0 Å². The summed E-state index contributed by atoms with van der Waals surface area (Å²) in [6.07, 6.45) is -4.74. The van der Waals surface area contributed by atoms with Gasteiger partial charge in [-0.15, -0.1) is 0 Å². The van der Waals surface area contributed by atoms with Crippen LogP contribution in [0.4, 0.5) is 17.6 Å². The fourth-order valence-corrected chi connectivity index (χ4v) is 3.85. The molecule has 1 N–H and O–H groups in total. The molecule has 0 amide bonds. The molecule has 0 spiro atoms. The first kappa shape index (κ1) is 18.7. The largest absolute Gasteiger partial charge is 0.416 e. The summed E-state index contributed by atoms with van der Waals surface area (Å²) in [6.45, 7) is 0.887. The van der Waals surface area contributed by atoms with Crippen molar-refractivity contribution in [1.29, 1.82) is 0 Å². The predicted octanol–water partition coefficient (Wildman–Crippen LogP) is 3.02. The van der Waals surface area contributed by atoms with E-state index in [0.29, 0.717) is 12.1 Å². The lowest BCUT2D eigenvalue weighted by molar-refractivity contribution is -0.137. The van der Waals surface area contributed by atoms with Crippen LogP contribution in [0.15, 0.2) is 23.1 Å². The highest BCUT2D eigenvalue weighted by Crippen LogP contribution is 2.30. The van der Waals surface area contributed by atoms with Gasteiger partial charge in [0.05, 0.1) is 11.3 Å². The molecule has 24 heavy (non-hydrogen) atoms. The van der Waals surface area contributed by atoms with Gasteiger partial charge in [-0.3, -0.25) is 4.68 Å². The number of benzene rings is 1. The maximum absolute atomic E-state index is 13.3. The first-order valence-corrected chi connectivity index (χ1v) is 8.33. The number of halogens is 5. The van der Waals surface area contributed by atoms with Gasteiger partial charge in [0.1, 0.15) is 15.9 Å². The molecule has 132 valence electrons. The zero-order valence-corrected chi connectivity index (χ0v) is 14.0.